The SMILES string of the molecule is COc1ccc(CN(Cc2ccc(OC)cc2)c2c(F)c(C)c(C(F)(F)F)c(-c3nc4c5c(nc(OCC6(CN7CCOCC7)CC6)nc5c3F)N3C[C@H]5CC[C@@H]([C@H]3[C@H](C)O4)N5C(=O)OC(C)(C)C)c2F)cc1. The number of hydrogen-bond donors (Lipinski definition) is 0. The molecule has 0 spiro atoms. The molecule has 2 aromatic heterocycles. The van der Waals surface area contributed by atoms with E-state index in [0.29, 0.717) is 55.2 Å². The predicted octanol–water partition coefficient (Wildman–Crippen LogP) is 9.89. The Morgan fingerprint density at radius 1 is 0.863 bits per heavy atom. The second-order valence-corrected chi connectivity index (χ2v) is 20.9. The Hall–Kier alpha value is -6.28. The van der Waals surface area contributed by atoms with Crippen LogP contribution < -0.4 is 28.7 Å². The Morgan fingerprint density at radius 2 is 1.49 bits per heavy atom. The van der Waals surface area contributed by atoms with Crippen molar-refractivity contribution in [1.82, 2.24) is 24.8 Å². The van der Waals surface area contributed by atoms with Gasteiger partial charge in [-0.3, -0.25) is 9.80 Å². The van der Waals surface area contributed by atoms with Crippen LogP contribution in [0.1, 0.15) is 75.6 Å². The number of nitrogens with zero attached hydrogens (tertiary/aromatic N) is 7. The molecular formula is C53H59F6N7O7. The zero-order chi connectivity index (χ0) is 51.7. The van der Waals surface area contributed by atoms with E-state index in [-0.39, 0.29) is 60.8 Å². The Balaban J connectivity index is 1.14. The van der Waals surface area contributed by atoms with Gasteiger partial charge in [-0.15, -0.1) is 0 Å². The van der Waals surface area contributed by atoms with Crippen LogP contribution in [0.3, 0.4) is 0 Å². The molecule has 5 aromatic rings. The van der Waals surface area contributed by atoms with Crippen molar-refractivity contribution in [1.29, 1.82) is 0 Å². The average Bonchev–Trinajstić information content (AvgIpc) is 4.06. The van der Waals surface area contributed by atoms with E-state index in [0.717, 1.165) is 32.9 Å². The van der Waals surface area contributed by atoms with E-state index in [1.165, 1.54) is 19.1 Å². The summed E-state index contributed by atoms with van der Waals surface area (Å²) >= 11 is 0. The van der Waals surface area contributed by atoms with Crippen molar-refractivity contribution in [2.45, 2.75) is 109 Å². The predicted molar refractivity (Wildman–Crippen MR) is 259 cm³/mol. The van der Waals surface area contributed by atoms with Gasteiger partial charge in [0.1, 0.15) is 51.3 Å². The number of fused-ring (bicyclic) bond motifs is 5. The molecule has 14 nitrogen and oxygen atoms in total. The molecule has 20 heteroatoms. The molecule has 1 aliphatic carbocycles. The first-order chi connectivity index (χ1) is 34.8. The molecule has 390 valence electrons. The minimum atomic E-state index is -5.42. The van der Waals surface area contributed by atoms with Gasteiger partial charge in [0.15, 0.2) is 17.5 Å². The highest BCUT2D eigenvalue weighted by Gasteiger charge is 2.54. The molecule has 3 aromatic carbocycles. The maximum atomic E-state index is 18.1. The lowest BCUT2D eigenvalue weighted by Gasteiger charge is -2.48. The standard InChI is InChI=1S/C53H59F6N7O7/c1-29-39(53(57,58)59)37(41(55)46(40(29)54)64(24-31-8-13-34(68-6)14-9-31)25-32-10-15-35(69-7)16-11-32)43-42(56)44-38-47(62-49(61-44)71-28-52(18-19-52)27-63-20-22-70-23-21-63)65-26-33-12-17-36(45(65)30(2)72-48(38)60-43)66(33)50(67)73-51(3,4)5/h8-11,13-16,30,33,36,45H,12,17-28H2,1-7H3/t30-,33+,36-,45+/m0/s1. The molecular weight excluding hydrogens is 961 g/mol. The Kier molecular flexibility index (Phi) is 13.2. The van der Waals surface area contributed by atoms with Crippen LogP contribution in [0.5, 0.6) is 23.4 Å². The minimum absolute atomic E-state index is 0.0730. The summed E-state index contributed by atoms with van der Waals surface area (Å²) in [5.74, 6) is -3.84. The van der Waals surface area contributed by atoms with Crippen LogP contribution in [0.15, 0.2) is 48.5 Å². The van der Waals surface area contributed by atoms with Crippen LogP contribution >= 0.6 is 0 Å². The number of morpholine rings is 1. The third kappa shape index (κ3) is 9.72. The van der Waals surface area contributed by atoms with Gasteiger partial charge >= 0.3 is 18.3 Å². The lowest BCUT2D eigenvalue weighted by atomic mass is 9.94. The van der Waals surface area contributed by atoms with Crippen molar-refractivity contribution in [2.24, 2.45) is 5.41 Å². The van der Waals surface area contributed by atoms with Crippen molar-refractivity contribution in [3.8, 4) is 34.6 Å². The number of carbonyl (C=O) groups excluding carboxylic acids is 1. The van der Waals surface area contributed by atoms with E-state index >= 15 is 26.3 Å². The fraction of sp³-hybridized carbons (Fsp3) is 0.509. The van der Waals surface area contributed by atoms with E-state index in [1.54, 1.807) is 81.1 Å². The number of ether oxygens (including phenoxy) is 6. The van der Waals surface area contributed by atoms with E-state index in [9.17, 15) is 4.79 Å². The number of carbonyl (C=O) groups is 1. The summed E-state index contributed by atoms with van der Waals surface area (Å²) in [6, 6.07) is 11.5. The summed E-state index contributed by atoms with van der Waals surface area (Å²) in [7, 11) is 2.96. The number of methoxy groups -OCH3 is 2. The van der Waals surface area contributed by atoms with Crippen LogP contribution in [0.2, 0.25) is 0 Å². The highest BCUT2D eigenvalue weighted by atomic mass is 19.4. The lowest BCUT2D eigenvalue weighted by molar-refractivity contribution is -0.137. The fourth-order valence-corrected chi connectivity index (χ4v) is 11.0. The third-order valence-electron chi connectivity index (χ3n) is 14.7. The molecule has 0 radical (unpaired) electrons. The smallest absolute Gasteiger partial charge is 0.417 e. The van der Waals surface area contributed by atoms with Crippen molar-refractivity contribution in [3.63, 3.8) is 0 Å². The van der Waals surface area contributed by atoms with Gasteiger partial charge in [-0.25, -0.2) is 22.9 Å². The second kappa shape index (κ2) is 19.2. The van der Waals surface area contributed by atoms with Crippen LogP contribution in [0.25, 0.3) is 22.2 Å². The molecule has 4 aliphatic heterocycles. The van der Waals surface area contributed by atoms with E-state index < -0.39 is 87.1 Å². The fourth-order valence-electron chi connectivity index (χ4n) is 11.0. The maximum Gasteiger partial charge on any atom is 0.417 e. The summed E-state index contributed by atoms with van der Waals surface area (Å²) < 4.78 is 135. The van der Waals surface area contributed by atoms with Gasteiger partial charge in [0.25, 0.3) is 0 Å². The Morgan fingerprint density at radius 3 is 2.07 bits per heavy atom. The first-order valence-electron chi connectivity index (χ1n) is 24.6. The summed E-state index contributed by atoms with van der Waals surface area (Å²) in [5.41, 5.74) is -6.52. The van der Waals surface area contributed by atoms with E-state index in [4.69, 9.17) is 33.4 Å². The van der Waals surface area contributed by atoms with Gasteiger partial charge in [0.05, 0.1) is 63.3 Å². The highest BCUT2D eigenvalue weighted by Crippen LogP contribution is 2.51. The number of pyridine rings is 1. The molecule has 0 unspecified atom stereocenters. The zero-order valence-electron chi connectivity index (χ0n) is 41.9. The maximum absolute atomic E-state index is 18.1. The van der Waals surface area contributed by atoms with Gasteiger partial charge in [0, 0.05) is 44.7 Å². The molecule has 6 heterocycles. The second-order valence-electron chi connectivity index (χ2n) is 20.9. The number of piperazine rings is 1. The molecule has 4 fully saturated rings. The Bertz CT molecular complexity index is 2840. The number of benzene rings is 3. The first-order valence-corrected chi connectivity index (χ1v) is 24.6. The number of aromatic nitrogens is 3. The molecule has 1 saturated carbocycles. The molecule has 2 bridgehead atoms. The summed E-state index contributed by atoms with van der Waals surface area (Å²) in [6.07, 6.45) is -3.95. The summed E-state index contributed by atoms with van der Waals surface area (Å²) in [6.45, 7) is 11.3. The first kappa shape index (κ1) is 50.3. The van der Waals surface area contributed by atoms with Crippen LogP contribution in [0, 0.1) is 29.8 Å². The van der Waals surface area contributed by atoms with Crippen molar-refractivity contribution < 1.29 is 59.6 Å². The number of hydrogen-bond acceptors (Lipinski definition) is 13. The summed E-state index contributed by atoms with van der Waals surface area (Å²) in [5, 5.41) is -0.0730. The largest absolute Gasteiger partial charge is 0.497 e. The molecule has 73 heavy (non-hydrogen) atoms. The van der Waals surface area contributed by atoms with E-state index in [1.807, 2.05) is 4.90 Å². The monoisotopic (exact) mass is 1020 g/mol. The molecule has 0 N–H and O–H groups in total. The lowest BCUT2D eigenvalue weighted by Crippen LogP contribution is -2.65. The number of rotatable bonds is 13. The quantitative estimate of drug-likeness (QED) is 0.104. The zero-order valence-corrected chi connectivity index (χ0v) is 41.9. The van der Waals surface area contributed by atoms with Crippen molar-refractivity contribution in [3.05, 3.63) is 88.2 Å². The highest BCUT2D eigenvalue weighted by molar-refractivity contribution is 5.98. The topological polar surface area (TPSA) is 124 Å². The van der Waals surface area contributed by atoms with Crippen LogP contribution in [-0.4, -0.2) is 121 Å². The van der Waals surface area contributed by atoms with Crippen molar-refractivity contribution >= 4 is 28.5 Å². The average molecular weight is 1020 g/mol. The molecule has 4 atom stereocenters. The molecule has 10 rings (SSSR count). The van der Waals surface area contributed by atoms with Gasteiger partial charge < -0.3 is 38.2 Å². The van der Waals surface area contributed by atoms with Crippen LogP contribution in [0.4, 0.5) is 42.6 Å². The minimum Gasteiger partial charge on any atom is -0.497 e. The molecule has 1 amide bonds. The van der Waals surface area contributed by atoms with Crippen LogP contribution in [-0.2, 0) is 28.7 Å². The van der Waals surface area contributed by atoms with Gasteiger partial charge in [-0.05, 0) is 101 Å². The molecule has 5 aliphatic rings. The van der Waals surface area contributed by atoms with Crippen molar-refractivity contribution in [2.75, 3.05) is 70.0 Å². The number of anilines is 2. The van der Waals surface area contributed by atoms with Gasteiger partial charge in [0.2, 0.25) is 5.88 Å². The third-order valence-corrected chi connectivity index (χ3v) is 14.7. The van der Waals surface area contributed by atoms with Gasteiger partial charge in [-0.2, -0.15) is 23.1 Å². The Labute approximate surface area is 419 Å². The molecule has 3 saturated heterocycles. The number of amides is 1. The number of alkyl halides is 3. The summed E-state index contributed by atoms with van der Waals surface area (Å²) in [4.78, 5) is 35.0. The van der Waals surface area contributed by atoms with Gasteiger partial charge in [-0.1, -0.05) is 24.3 Å². The number of halogens is 6. The normalized spacial score (nSPS) is 21.3. The van der Waals surface area contributed by atoms with E-state index in [2.05, 4.69) is 14.9 Å².